The molecular formula is C85H144O17P2. The monoisotopic (exact) mass is 1500 g/mol. The second-order valence-corrected chi connectivity index (χ2v) is 29.5. The first kappa shape index (κ1) is 99.2. The van der Waals surface area contributed by atoms with Gasteiger partial charge in [-0.25, -0.2) is 9.13 Å². The molecule has 0 aliphatic heterocycles. The van der Waals surface area contributed by atoms with Crippen LogP contribution < -0.4 is 0 Å². The van der Waals surface area contributed by atoms with E-state index in [-0.39, 0.29) is 25.7 Å². The van der Waals surface area contributed by atoms with E-state index in [9.17, 15) is 43.2 Å². The van der Waals surface area contributed by atoms with Crippen LogP contribution in [0.15, 0.2) is 134 Å². The van der Waals surface area contributed by atoms with Gasteiger partial charge in [0.15, 0.2) is 12.2 Å². The molecule has 0 bridgehead atoms. The van der Waals surface area contributed by atoms with Gasteiger partial charge >= 0.3 is 39.5 Å². The molecule has 5 atom stereocenters. The van der Waals surface area contributed by atoms with Crippen LogP contribution in [0.4, 0.5) is 0 Å². The van der Waals surface area contributed by atoms with Crippen molar-refractivity contribution in [2.75, 3.05) is 39.6 Å². The average Bonchev–Trinajstić information content (AvgIpc) is 0.943. The molecule has 3 N–H and O–H groups in total. The van der Waals surface area contributed by atoms with Crippen molar-refractivity contribution < 1.29 is 80.2 Å². The van der Waals surface area contributed by atoms with E-state index in [0.717, 1.165) is 173 Å². The van der Waals surface area contributed by atoms with Gasteiger partial charge in [0.05, 0.1) is 26.4 Å². The second-order valence-electron chi connectivity index (χ2n) is 26.6. The van der Waals surface area contributed by atoms with E-state index in [1.807, 2.05) is 18.2 Å². The summed E-state index contributed by atoms with van der Waals surface area (Å²) in [6, 6.07) is 0. The molecule has 0 spiro atoms. The van der Waals surface area contributed by atoms with Crippen LogP contribution in [0.2, 0.25) is 0 Å². The summed E-state index contributed by atoms with van der Waals surface area (Å²) in [5.74, 6) is -2.31. The topological polar surface area (TPSA) is 237 Å². The number of ether oxygens (including phenoxy) is 4. The number of unbranched alkanes of at least 4 members (excludes halogenated alkanes) is 27. The lowest BCUT2D eigenvalue weighted by Crippen LogP contribution is -2.30. The van der Waals surface area contributed by atoms with Crippen LogP contribution >= 0.6 is 15.6 Å². The highest BCUT2D eigenvalue weighted by Gasteiger charge is 2.30. The zero-order valence-electron chi connectivity index (χ0n) is 65.2. The number of rotatable bonds is 75. The fourth-order valence-corrected chi connectivity index (χ4v) is 12.0. The molecule has 0 aromatic carbocycles. The van der Waals surface area contributed by atoms with E-state index in [1.165, 1.54) is 64.2 Å². The van der Waals surface area contributed by atoms with Gasteiger partial charge in [0, 0.05) is 25.7 Å². The van der Waals surface area contributed by atoms with Crippen LogP contribution in [-0.2, 0) is 65.4 Å². The number of aliphatic hydroxyl groups excluding tert-OH is 1. The number of hydrogen-bond acceptors (Lipinski definition) is 15. The van der Waals surface area contributed by atoms with Crippen molar-refractivity contribution in [1.82, 2.24) is 0 Å². The summed E-state index contributed by atoms with van der Waals surface area (Å²) in [4.78, 5) is 73.0. The standard InChI is InChI=1S/C85H144O17P2/c1-5-9-13-17-21-25-29-33-37-38-39-40-44-48-52-56-60-64-68-72-85(90)102-81(76-96-83(88)70-66-62-58-54-50-46-42-35-31-27-23-19-15-11-7-3)78-100-104(93,94)98-74-79(86)73-97-103(91,92)99-77-80(101-84(89)71-67-63-59-55-51-47-43-36-32-28-24-20-16-12-8-4)75-95-82(87)69-65-61-57-53-49-45-41-34-30-26-22-18-14-10-6-2/h9,13,21-23,25-28,32-35,37,39-42,48,52,60,64,79-81,86H,5-8,10-12,14-20,24,29-31,36,38,43-47,49-51,53-59,61-63,65-78H2,1-4H3,(H,91,92)(H,93,94)/b13-9-,25-21-,26-22-,27-23-,32-28-,37-33-,40-39-,41-34-,42-35-,52-48-,64-60-/t79-,80+,81+/m0/s1. The van der Waals surface area contributed by atoms with Crippen molar-refractivity contribution in [3.8, 4) is 0 Å². The molecule has 0 rings (SSSR count). The zero-order valence-corrected chi connectivity index (χ0v) is 66.9. The molecule has 0 saturated carbocycles. The van der Waals surface area contributed by atoms with Gasteiger partial charge in [-0.1, -0.05) is 277 Å². The van der Waals surface area contributed by atoms with Crippen molar-refractivity contribution >= 4 is 39.5 Å². The quantitative estimate of drug-likeness (QED) is 0.0169. The Bertz CT molecular complexity index is 2490. The lowest BCUT2D eigenvalue weighted by Gasteiger charge is -2.21. The average molecular weight is 1500 g/mol. The van der Waals surface area contributed by atoms with Crippen LogP contribution in [0.5, 0.6) is 0 Å². The van der Waals surface area contributed by atoms with Gasteiger partial charge in [-0.15, -0.1) is 0 Å². The fourth-order valence-electron chi connectivity index (χ4n) is 10.4. The lowest BCUT2D eigenvalue weighted by atomic mass is 10.1. The minimum Gasteiger partial charge on any atom is -0.462 e. The molecule has 0 aliphatic carbocycles. The van der Waals surface area contributed by atoms with Gasteiger partial charge in [0.2, 0.25) is 0 Å². The van der Waals surface area contributed by atoms with Gasteiger partial charge in [-0.05, 0) is 154 Å². The molecule has 0 fully saturated rings. The Kier molecular flexibility index (Phi) is 72.9. The van der Waals surface area contributed by atoms with Crippen molar-refractivity contribution in [3.63, 3.8) is 0 Å². The number of hydrogen-bond donors (Lipinski definition) is 3. The molecule has 17 nitrogen and oxygen atoms in total. The molecule has 19 heteroatoms. The molecule has 0 saturated heterocycles. The zero-order chi connectivity index (χ0) is 76.0. The van der Waals surface area contributed by atoms with Crippen molar-refractivity contribution in [2.45, 2.75) is 341 Å². The molecule has 0 aromatic heterocycles. The highest BCUT2D eigenvalue weighted by molar-refractivity contribution is 7.47. The SMILES string of the molecule is CC/C=C\C/C=C\C/C=C\C/C=C\C/C=C\C/C=C\CCC(=O)O[C@H](COC(=O)CCCCCCC/C=C\C/C=C\CCCCC)COP(=O)(O)OC[C@@H](O)COP(=O)(O)OC[C@@H](COC(=O)CCCCCCC/C=C\C/C=C\CCCCC)OC(=O)CCCCCCCCC/C=C\CCCCCC. The molecular weight excluding hydrogens is 1350 g/mol. The summed E-state index contributed by atoms with van der Waals surface area (Å²) >= 11 is 0. The van der Waals surface area contributed by atoms with Gasteiger partial charge in [0.25, 0.3) is 0 Å². The first-order valence-corrected chi connectivity index (χ1v) is 43.4. The third kappa shape index (κ3) is 75.4. The third-order valence-corrected chi connectivity index (χ3v) is 18.5. The number of allylic oxidation sites excluding steroid dienone is 22. The summed E-state index contributed by atoms with van der Waals surface area (Å²) in [6.45, 7) is 4.59. The predicted molar refractivity (Wildman–Crippen MR) is 427 cm³/mol. The molecule has 0 aromatic rings. The fraction of sp³-hybridized carbons (Fsp3) is 0.694. The Morgan fingerprint density at radius 3 is 0.856 bits per heavy atom. The van der Waals surface area contributed by atoms with Crippen molar-refractivity contribution in [1.29, 1.82) is 0 Å². The predicted octanol–water partition coefficient (Wildman–Crippen LogP) is 23.7. The number of esters is 4. The van der Waals surface area contributed by atoms with Gasteiger partial charge in [-0.2, -0.15) is 0 Å². The second kappa shape index (κ2) is 76.4. The number of phosphoric acid groups is 2. The minimum atomic E-state index is -5.00. The molecule has 0 radical (unpaired) electrons. The normalized spacial score (nSPS) is 14.6. The van der Waals surface area contributed by atoms with Crippen molar-refractivity contribution in [2.24, 2.45) is 0 Å². The molecule has 0 heterocycles. The smallest absolute Gasteiger partial charge is 0.462 e. The van der Waals surface area contributed by atoms with Gasteiger partial charge in [-0.3, -0.25) is 37.3 Å². The van der Waals surface area contributed by atoms with Crippen LogP contribution in [0.1, 0.15) is 323 Å². The Morgan fingerprint density at radius 2 is 0.519 bits per heavy atom. The Hall–Kier alpha value is -4.80. The number of carbonyl (C=O) groups is 4. The van der Waals surface area contributed by atoms with Gasteiger partial charge < -0.3 is 33.8 Å². The summed E-state index contributed by atoms with van der Waals surface area (Å²) < 4.78 is 68.5. The lowest BCUT2D eigenvalue weighted by molar-refractivity contribution is -0.161. The first-order chi connectivity index (χ1) is 50.7. The summed E-state index contributed by atoms with van der Waals surface area (Å²) in [6.07, 6.45) is 85.8. The Morgan fingerprint density at radius 1 is 0.279 bits per heavy atom. The summed E-state index contributed by atoms with van der Waals surface area (Å²) in [5, 5.41) is 10.6. The number of phosphoric ester groups is 2. The van der Waals surface area contributed by atoms with Crippen LogP contribution in [0.3, 0.4) is 0 Å². The van der Waals surface area contributed by atoms with E-state index >= 15 is 0 Å². The van der Waals surface area contributed by atoms with E-state index < -0.39 is 97.5 Å². The van der Waals surface area contributed by atoms with E-state index in [1.54, 1.807) is 0 Å². The largest absolute Gasteiger partial charge is 0.472 e. The maximum atomic E-state index is 13.1. The molecule has 104 heavy (non-hydrogen) atoms. The number of carbonyl (C=O) groups excluding carboxylic acids is 4. The van der Waals surface area contributed by atoms with Crippen LogP contribution in [0, 0.1) is 0 Å². The molecule has 596 valence electrons. The Balaban J connectivity index is 5.46. The Labute approximate surface area is 631 Å². The molecule has 2 unspecified atom stereocenters. The van der Waals surface area contributed by atoms with E-state index in [0.29, 0.717) is 32.1 Å². The maximum absolute atomic E-state index is 13.1. The first-order valence-electron chi connectivity index (χ1n) is 40.4. The minimum absolute atomic E-state index is 0.0364. The molecule has 0 aliphatic rings. The highest BCUT2D eigenvalue weighted by Crippen LogP contribution is 2.45. The van der Waals surface area contributed by atoms with E-state index in [2.05, 4.69) is 143 Å². The summed E-state index contributed by atoms with van der Waals surface area (Å²) in [7, 11) is -10.00. The number of aliphatic hydroxyl groups is 1. The highest BCUT2D eigenvalue weighted by atomic mass is 31.2. The molecule has 0 amide bonds. The maximum Gasteiger partial charge on any atom is 0.472 e. The van der Waals surface area contributed by atoms with Crippen LogP contribution in [-0.4, -0.2) is 96.7 Å². The van der Waals surface area contributed by atoms with Crippen LogP contribution in [0.25, 0.3) is 0 Å². The van der Waals surface area contributed by atoms with Crippen molar-refractivity contribution in [3.05, 3.63) is 134 Å². The van der Waals surface area contributed by atoms with Gasteiger partial charge in [0.1, 0.15) is 19.3 Å². The summed E-state index contributed by atoms with van der Waals surface area (Å²) in [5.41, 5.74) is 0. The third-order valence-electron chi connectivity index (χ3n) is 16.6. The van der Waals surface area contributed by atoms with E-state index in [4.69, 9.17) is 37.0 Å².